The maximum Gasteiger partial charge on any atom is 0.0356 e. The Kier molecular flexibility index (Phi) is 6.65. The molecule has 2 nitrogen and oxygen atoms in total. The van der Waals surface area contributed by atoms with Gasteiger partial charge in [0.05, 0.1) is 0 Å². The first kappa shape index (κ1) is 16.0. The summed E-state index contributed by atoms with van der Waals surface area (Å²) >= 11 is 0. The molecule has 2 heteroatoms. The zero-order valence-electron chi connectivity index (χ0n) is 13.3. The van der Waals surface area contributed by atoms with Crippen molar-refractivity contribution >= 4 is 0 Å². The second kappa shape index (κ2) is 7.49. The molecule has 0 heterocycles. The number of nitrogens with one attached hydrogen (secondary N) is 1. The van der Waals surface area contributed by atoms with Crippen LogP contribution in [-0.4, -0.2) is 37.1 Å². The molecule has 108 valence electrons. The summed E-state index contributed by atoms with van der Waals surface area (Å²) in [5, 5.41) is 3.78. The molecule has 0 radical (unpaired) electrons. The van der Waals surface area contributed by atoms with Gasteiger partial charge in [0.25, 0.3) is 0 Å². The van der Waals surface area contributed by atoms with Gasteiger partial charge >= 0.3 is 0 Å². The summed E-state index contributed by atoms with van der Waals surface area (Å²) in [4.78, 5) is 2.52. The van der Waals surface area contributed by atoms with Crippen LogP contribution in [0.1, 0.15) is 65.7 Å². The van der Waals surface area contributed by atoms with Crippen LogP contribution in [0.2, 0.25) is 0 Å². The molecule has 0 aliphatic heterocycles. The molecular weight excluding hydrogens is 220 g/mol. The SMILES string of the molecule is CCCCC(NCC)C1(N(C)C)CCC(C)CC1. The van der Waals surface area contributed by atoms with Crippen LogP contribution in [0.3, 0.4) is 0 Å². The molecule has 0 spiro atoms. The zero-order chi connectivity index (χ0) is 13.6. The van der Waals surface area contributed by atoms with Gasteiger partial charge in [-0.25, -0.2) is 0 Å². The second-order valence-electron chi connectivity index (χ2n) is 6.43. The lowest BCUT2D eigenvalue weighted by atomic mass is 9.71. The van der Waals surface area contributed by atoms with Gasteiger partial charge in [-0.15, -0.1) is 0 Å². The smallest absolute Gasteiger partial charge is 0.0356 e. The van der Waals surface area contributed by atoms with Crippen molar-refractivity contribution in [3.63, 3.8) is 0 Å². The van der Waals surface area contributed by atoms with Gasteiger partial charge in [0.15, 0.2) is 0 Å². The highest BCUT2D eigenvalue weighted by Gasteiger charge is 2.42. The average molecular weight is 254 g/mol. The number of nitrogens with zero attached hydrogens (tertiary/aromatic N) is 1. The lowest BCUT2D eigenvalue weighted by Gasteiger charge is -2.50. The van der Waals surface area contributed by atoms with Crippen LogP contribution < -0.4 is 5.32 Å². The molecule has 1 unspecified atom stereocenters. The van der Waals surface area contributed by atoms with Crippen LogP contribution in [-0.2, 0) is 0 Å². The monoisotopic (exact) mass is 254 g/mol. The van der Waals surface area contributed by atoms with E-state index >= 15 is 0 Å². The van der Waals surface area contributed by atoms with E-state index in [0.717, 1.165) is 12.5 Å². The number of rotatable bonds is 7. The van der Waals surface area contributed by atoms with Crippen molar-refractivity contribution in [2.24, 2.45) is 5.92 Å². The molecule has 1 aliphatic carbocycles. The summed E-state index contributed by atoms with van der Waals surface area (Å²) in [7, 11) is 4.57. The Morgan fingerprint density at radius 2 is 1.83 bits per heavy atom. The van der Waals surface area contributed by atoms with E-state index in [2.05, 4.69) is 45.1 Å². The molecule has 1 N–H and O–H groups in total. The lowest BCUT2D eigenvalue weighted by molar-refractivity contribution is 0.0401. The molecule has 0 saturated heterocycles. The van der Waals surface area contributed by atoms with Crippen molar-refractivity contribution in [1.82, 2.24) is 10.2 Å². The first-order valence-electron chi connectivity index (χ1n) is 7.97. The lowest BCUT2D eigenvalue weighted by Crippen LogP contribution is -2.60. The zero-order valence-corrected chi connectivity index (χ0v) is 13.3. The van der Waals surface area contributed by atoms with Gasteiger partial charge in [-0.2, -0.15) is 0 Å². The van der Waals surface area contributed by atoms with Gasteiger partial charge in [-0.1, -0.05) is 33.6 Å². The highest BCUT2D eigenvalue weighted by Crippen LogP contribution is 2.39. The molecule has 0 aromatic heterocycles. The number of likely N-dealkylation sites (N-methyl/N-ethyl adjacent to an activating group) is 2. The number of hydrogen-bond acceptors (Lipinski definition) is 2. The topological polar surface area (TPSA) is 15.3 Å². The molecule has 0 bridgehead atoms. The fourth-order valence-corrected chi connectivity index (χ4v) is 3.58. The minimum Gasteiger partial charge on any atom is -0.312 e. The predicted octanol–water partition coefficient (Wildman–Crippen LogP) is 3.67. The minimum absolute atomic E-state index is 0.400. The number of hydrogen-bond donors (Lipinski definition) is 1. The maximum absolute atomic E-state index is 3.78. The van der Waals surface area contributed by atoms with Crippen molar-refractivity contribution in [2.45, 2.75) is 77.3 Å². The quantitative estimate of drug-likeness (QED) is 0.746. The van der Waals surface area contributed by atoms with Crippen molar-refractivity contribution in [3.8, 4) is 0 Å². The third kappa shape index (κ3) is 3.71. The molecule has 1 atom stereocenters. The molecule has 18 heavy (non-hydrogen) atoms. The Morgan fingerprint density at radius 1 is 1.22 bits per heavy atom. The maximum atomic E-state index is 3.78. The summed E-state index contributed by atoms with van der Waals surface area (Å²) < 4.78 is 0. The first-order chi connectivity index (χ1) is 8.56. The van der Waals surface area contributed by atoms with E-state index in [4.69, 9.17) is 0 Å². The van der Waals surface area contributed by atoms with E-state index in [1.165, 1.54) is 44.9 Å². The van der Waals surface area contributed by atoms with E-state index in [-0.39, 0.29) is 0 Å². The summed E-state index contributed by atoms with van der Waals surface area (Å²) in [6.07, 6.45) is 9.50. The van der Waals surface area contributed by atoms with Crippen LogP contribution in [0.5, 0.6) is 0 Å². The van der Waals surface area contributed by atoms with Gasteiger partial charge in [-0.3, -0.25) is 0 Å². The molecule has 1 saturated carbocycles. The van der Waals surface area contributed by atoms with Crippen LogP contribution in [0.25, 0.3) is 0 Å². The Bertz CT molecular complexity index is 217. The molecule has 0 aromatic rings. The van der Waals surface area contributed by atoms with E-state index in [0.29, 0.717) is 11.6 Å². The second-order valence-corrected chi connectivity index (χ2v) is 6.43. The molecular formula is C16H34N2. The fourth-order valence-electron chi connectivity index (χ4n) is 3.58. The van der Waals surface area contributed by atoms with Crippen molar-refractivity contribution in [3.05, 3.63) is 0 Å². The van der Waals surface area contributed by atoms with Gasteiger partial charge in [0.1, 0.15) is 0 Å². The Morgan fingerprint density at radius 3 is 2.28 bits per heavy atom. The molecule has 1 aliphatic rings. The van der Waals surface area contributed by atoms with Gasteiger partial charge in [0, 0.05) is 11.6 Å². The third-order valence-corrected chi connectivity index (χ3v) is 4.98. The summed E-state index contributed by atoms with van der Waals surface area (Å²) in [5.74, 6) is 0.923. The van der Waals surface area contributed by atoms with Gasteiger partial charge in [0.2, 0.25) is 0 Å². The van der Waals surface area contributed by atoms with Crippen molar-refractivity contribution in [2.75, 3.05) is 20.6 Å². The summed E-state index contributed by atoms with van der Waals surface area (Å²) in [6.45, 7) is 8.05. The summed E-state index contributed by atoms with van der Waals surface area (Å²) in [6, 6.07) is 0.671. The normalized spacial score (nSPS) is 30.7. The minimum atomic E-state index is 0.400. The first-order valence-corrected chi connectivity index (χ1v) is 7.97. The van der Waals surface area contributed by atoms with Crippen molar-refractivity contribution < 1.29 is 0 Å². The van der Waals surface area contributed by atoms with Gasteiger partial charge < -0.3 is 10.2 Å². The third-order valence-electron chi connectivity index (χ3n) is 4.98. The Labute approximate surface area is 115 Å². The molecule has 0 amide bonds. The van der Waals surface area contributed by atoms with Crippen molar-refractivity contribution in [1.29, 1.82) is 0 Å². The van der Waals surface area contributed by atoms with E-state index in [9.17, 15) is 0 Å². The van der Waals surface area contributed by atoms with Crippen LogP contribution in [0.4, 0.5) is 0 Å². The Hall–Kier alpha value is -0.0800. The highest BCUT2D eigenvalue weighted by atomic mass is 15.2. The number of unbranched alkanes of at least 4 members (excludes halogenated alkanes) is 1. The fraction of sp³-hybridized carbons (Fsp3) is 1.00. The highest BCUT2D eigenvalue weighted by molar-refractivity contribution is 5.01. The van der Waals surface area contributed by atoms with E-state index in [1.54, 1.807) is 0 Å². The van der Waals surface area contributed by atoms with E-state index < -0.39 is 0 Å². The average Bonchev–Trinajstić information content (AvgIpc) is 2.35. The van der Waals surface area contributed by atoms with Crippen LogP contribution in [0.15, 0.2) is 0 Å². The largest absolute Gasteiger partial charge is 0.312 e. The molecule has 0 aromatic carbocycles. The van der Waals surface area contributed by atoms with Crippen LogP contribution >= 0.6 is 0 Å². The van der Waals surface area contributed by atoms with E-state index in [1.807, 2.05) is 0 Å². The molecule has 1 fully saturated rings. The van der Waals surface area contributed by atoms with Gasteiger partial charge in [-0.05, 0) is 58.7 Å². The summed E-state index contributed by atoms with van der Waals surface area (Å²) in [5.41, 5.74) is 0.400. The Balaban J connectivity index is 2.78. The molecule has 1 rings (SSSR count). The predicted molar refractivity (Wildman–Crippen MR) is 81.0 cm³/mol. The standard InChI is InChI=1S/C16H34N2/c1-6-8-9-15(17-7-2)16(18(4)5)12-10-14(3)11-13-16/h14-15,17H,6-13H2,1-5H3. The van der Waals surface area contributed by atoms with Crippen LogP contribution in [0, 0.1) is 5.92 Å².